The molecule has 0 spiro atoms. The third-order valence-electron chi connectivity index (χ3n) is 4.42. The van der Waals surface area contributed by atoms with E-state index in [4.69, 9.17) is 9.84 Å². The lowest BCUT2D eigenvalue weighted by molar-refractivity contribution is -0.121. The van der Waals surface area contributed by atoms with Crippen molar-refractivity contribution < 1.29 is 19.4 Å². The number of carboxylic acids is 1. The number of carboxylic acid groups (broad SMARTS) is 1. The van der Waals surface area contributed by atoms with Crippen LogP contribution in [0.4, 0.5) is 0 Å². The maximum Gasteiger partial charge on any atom is 0.335 e. The van der Waals surface area contributed by atoms with Gasteiger partial charge in [0.05, 0.1) is 11.7 Å². The molecule has 0 atom stereocenters. The molecule has 0 radical (unpaired) electrons. The van der Waals surface area contributed by atoms with Gasteiger partial charge in [0.15, 0.2) is 0 Å². The van der Waals surface area contributed by atoms with Crippen LogP contribution in [0.25, 0.3) is 0 Å². The van der Waals surface area contributed by atoms with Crippen LogP contribution in [0, 0.1) is 0 Å². The average Bonchev–Trinajstić information content (AvgIpc) is 2.60. The molecule has 0 heterocycles. The fourth-order valence-electron chi connectivity index (χ4n) is 3.07. The fraction of sp³-hybridized carbons (Fsp3) is 0.579. The Kier molecular flexibility index (Phi) is 7.75. The lowest BCUT2D eigenvalue weighted by Gasteiger charge is -2.21. The van der Waals surface area contributed by atoms with Crippen LogP contribution in [0.1, 0.15) is 60.9 Å². The number of carbonyl (C=O) groups excluding carboxylic acids is 1. The minimum absolute atomic E-state index is 0.0483. The number of hydrogen-bond acceptors (Lipinski definition) is 3. The summed E-state index contributed by atoms with van der Waals surface area (Å²) < 4.78 is 5.82. The number of carbonyl (C=O) groups is 2. The van der Waals surface area contributed by atoms with Crippen molar-refractivity contribution in [1.29, 1.82) is 0 Å². The van der Waals surface area contributed by atoms with Gasteiger partial charge in [-0.1, -0.05) is 37.5 Å². The van der Waals surface area contributed by atoms with Crippen LogP contribution in [-0.4, -0.2) is 36.2 Å². The summed E-state index contributed by atoms with van der Waals surface area (Å²) in [7, 11) is 0. The Morgan fingerprint density at radius 2 is 1.92 bits per heavy atom. The van der Waals surface area contributed by atoms with Crippen LogP contribution in [0.5, 0.6) is 0 Å². The predicted octanol–water partition coefficient (Wildman–Crippen LogP) is 3.17. The summed E-state index contributed by atoms with van der Waals surface area (Å²) in [5.41, 5.74) is 0.965. The molecule has 5 nitrogen and oxygen atoms in total. The summed E-state index contributed by atoms with van der Waals surface area (Å²) in [5.74, 6) is -1.00. The molecule has 5 heteroatoms. The van der Waals surface area contributed by atoms with Crippen LogP contribution in [0.2, 0.25) is 0 Å². The van der Waals surface area contributed by atoms with E-state index in [9.17, 15) is 9.59 Å². The molecule has 0 aliphatic heterocycles. The van der Waals surface area contributed by atoms with Crippen LogP contribution < -0.4 is 5.32 Å². The third kappa shape index (κ3) is 6.32. The van der Waals surface area contributed by atoms with Crippen molar-refractivity contribution in [2.24, 2.45) is 0 Å². The second kappa shape index (κ2) is 10.1. The zero-order valence-corrected chi connectivity index (χ0v) is 14.1. The van der Waals surface area contributed by atoms with Gasteiger partial charge < -0.3 is 15.2 Å². The van der Waals surface area contributed by atoms with E-state index in [1.54, 1.807) is 24.3 Å². The summed E-state index contributed by atoms with van der Waals surface area (Å²) in [6, 6.07) is 6.81. The first-order valence-corrected chi connectivity index (χ1v) is 8.86. The molecule has 24 heavy (non-hydrogen) atoms. The smallest absolute Gasteiger partial charge is 0.335 e. The van der Waals surface area contributed by atoms with Gasteiger partial charge in [0.1, 0.15) is 0 Å². The zero-order valence-electron chi connectivity index (χ0n) is 14.1. The minimum Gasteiger partial charge on any atom is -0.478 e. The standard InChI is InChI=1S/C19H27NO4/c21-18(12-11-15-7-4-5-10-17(15)19(22)23)20-13-6-14-24-16-8-2-1-3-9-16/h4-5,7,10,16H,1-3,6,8-9,11-14H2,(H,20,21)(H,22,23). The van der Waals surface area contributed by atoms with Gasteiger partial charge in [-0.2, -0.15) is 0 Å². The summed E-state index contributed by atoms with van der Waals surface area (Å²) in [6.45, 7) is 1.29. The zero-order chi connectivity index (χ0) is 17.2. The maximum atomic E-state index is 11.9. The van der Waals surface area contributed by atoms with Gasteiger partial charge in [-0.25, -0.2) is 4.79 Å². The van der Waals surface area contributed by atoms with Crippen molar-refractivity contribution in [3.05, 3.63) is 35.4 Å². The number of nitrogens with one attached hydrogen (secondary N) is 1. The molecule has 1 aromatic carbocycles. The highest BCUT2D eigenvalue weighted by Gasteiger charge is 2.13. The van der Waals surface area contributed by atoms with Crippen molar-refractivity contribution >= 4 is 11.9 Å². The van der Waals surface area contributed by atoms with Crippen molar-refractivity contribution in [3.8, 4) is 0 Å². The van der Waals surface area contributed by atoms with Crippen LogP contribution in [0.15, 0.2) is 24.3 Å². The number of hydrogen-bond donors (Lipinski definition) is 2. The molecular weight excluding hydrogens is 306 g/mol. The molecule has 0 aromatic heterocycles. The van der Waals surface area contributed by atoms with E-state index in [0.717, 1.165) is 19.3 Å². The molecule has 132 valence electrons. The fourth-order valence-corrected chi connectivity index (χ4v) is 3.07. The van der Waals surface area contributed by atoms with Crippen molar-refractivity contribution in [2.45, 2.75) is 57.5 Å². The number of amides is 1. The lowest BCUT2D eigenvalue weighted by Crippen LogP contribution is -2.26. The van der Waals surface area contributed by atoms with Gasteiger partial charge in [0, 0.05) is 19.6 Å². The van der Waals surface area contributed by atoms with E-state index < -0.39 is 5.97 Å². The van der Waals surface area contributed by atoms with Crippen molar-refractivity contribution in [3.63, 3.8) is 0 Å². The molecule has 1 aromatic rings. The normalized spacial score (nSPS) is 15.2. The SMILES string of the molecule is O=C(CCc1ccccc1C(=O)O)NCCCOC1CCCCC1. The molecule has 0 saturated heterocycles. The number of aromatic carboxylic acids is 1. The van der Waals surface area contributed by atoms with Gasteiger partial charge in [-0.05, 0) is 37.3 Å². The second-order valence-electron chi connectivity index (χ2n) is 6.30. The Morgan fingerprint density at radius 1 is 1.17 bits per heavy atom. The average molecular weight is 333 g/mol. The molecule has 2 N–H and O–H groups in total. The Labute approximate surface area is 143 Å². The second-order valence-corrected chi connectivity index (χ2v) is 6.30. The number of rotatable bonds is 9. The quantitative estimate of drug-likeness (QED) is 0.681. The Morgan fingerprint density at radius 3 is 2.67 bits per heavy atom. The van der Waals surface area contributed by atoms with E-state index in [2.05, 4.69) is 5.32 Å². The Hall–Kier alpha value is -1.88. The van der Waals surface area contributed by atoms with Crippen LogP contribution >= 0.6 is 0 Å². The monoisotopic (exact) mass is 333 g/mol. The van der Waals surface area contributed by atoms with Crippen LogP contribution in [0.3, 0.4) is 0 Å². The van der Waals surface area contributed by atoms with Crippen LogP contribution in [-0.2, 0) is 16.0 Å². The third-order valence-corrected chi connectivity index (χ3v) is 4.42. The molecule has 0 bridgehead atoms. The summed E-state index contributed by atoms with van der Waals surface area (Å²) in [4.78, 5) is 23.0. The highest BCUT2D eigenvalue weighted by molar-refractivity contribution is 5.89. The predicted molar refractivity (Wildman–Crippen MR) is 92.2 cm³/mol. The van der Waals surface area contributed by atoms with Crippen molar-refractivity contribution in [1.82, 2.24) is 5.32 Å². The first-order valence-electron chi connectivity index (χ1n) is 8.86. The van der Waals surface area contributed by atoms with E-state index in [1.807, 2.05) is 0 Å². The number of ether oxygens (including phenoxy) is 1. The molecule has 1 fully saturated rings. The van der Waals surface area contributed by atoms with E-state index in [-0.39, 0.29) is 11.5 Å². The largest absolute Gasteiger partial charge is 0.478 e. The highest BCUT2D eigenvalue weighted by atomic mass is 16.5. The molecule has 0 unspecified atom stereocenters. The van der Waals surface area contributed by atoms with Crippen molar-refractivity contribution in [2.75, 3.05) is 13.2 Å². The minimum atomic E-state index is -0.953. The van der Waals surface area contributed by atoms with Gasteiger partial charge in [0.25, 0.3) is 0 Å². The molecule has 1 amide bonds. The Balaban J connectivity index is 1.59. The first-order chi connectivity index (χ1) is 11.7. The summed E-state index contributed by atoms with van der Waals surface area (Å²) >= 11 is 0. The van der Waals surface area contributed by atoms with Gasteiger partial charge in [0.2, 0.25) is 5.91 Å². The summed E-state index contributed by atoms with van der Waals surface area (Å²) in [5, 5.41) is 12.0. The maximum absolute atomic E-state index is 11.9. The molecule has 1 saturated carbocycles. The van der Waals surface area contributed by atoms with E-state index in [1.165, 1.54) is 19.3 Å². The van der Waals surface area contributed by atoms with Gasteiger partial charge in [-0.15, -0.1) is 0 Å². The Bertz CT molecular complexity index is 538. The molecule has 2 rings (SSSR count). The summed E-state index contributed by atoms with van der Waals surface area (Å²) in [6.07, 6.45) is 8.13. The first kappa shape index (κ1) is 18.5. The van der Waals surface area contributed by atoms with Gasteiger partial charge in [-0.3, -0.25) is 4.79 Å². The van der Waals surface area contributed by atoms with Gasteiger partial charge >= 0.3 is 5.97 Å². The highest BCUT2D eigenvalue weighted by Crippen LogP contribution is 2.20. The number of benzene rings is 1. The topological polar surface area (TPSA) is 75.6 Å². The lowest BCUT2D eigenvalue weighted by atomic mass is 9.98. The van der Waals surface area contributed by atoms with E-state index in [0.29, 0.717) is 37.7 Å². The number of aryl methyl sites for hydroxylation is 1. The molecule has 1 aliphatic carbocycles. The molecular formula is C19H27NO4. The van der Waals surface area contributed by atoms with E-state index >= 15 is 0 Å². The molecule has 1 aliphatic rings.